The summed E-state index contributed by atoms with van der Waals surface area (Å²) in [5, 5.41) is 0. The van der Waals surface area contributed by atoms with Gasteiger partial charge in [-0.05, 0) is 24.3 Å². The van der Waals surface area contributed by atoms with Crippen molar-refractivity contribution in [3.63, 3.8) is 0 Å². The van der Waals surface area contributed by atoms with E-state index in [2.05, 4.69) is 9.72 Å². The van der Waals surface area contributed by atoms with E-state index in [9.17, 15) is 9.18 Å². The molecule has 1 heterocycles. The molecule has 0 saturated heterocycles. The third-order valence-corrected chi connectivity index (χ3v) is 2.05. The number of esters is 1. The predicted molar refractivity (Wildman–Crippen MR) is 53.2 cm³/mol. The zero-order valence-corrected chi connectivity index (χ0v) is 8.44. The van der Waals surface area contributed by atoms with Gasteiger partial charge in [0.25, 0.3) is 0 Å². The molecule has 0 aliphatic heterocycles. The molecule has 82 valence electrons. The van der Waals surface area contributed by atoms with Crippen LogP contribution in [0.25, 0.3) is 11.3 Å². The van der Waals surface area contributed by atoms with Gasteiger partial charge in [0.05, 0.1) is 7.11 Å². The third kappa shape index (κ3) is 1.79. The number of methoxy groups -OCH3 is 1. The molecule has 0 saturated carbocycles. The highest BCUT2D eigenvalue weighted by Gasteiger charge is 2.18. The highest BCUT2D eigenvalue weighted by molar-refractivity contribution is 5.93. The molecular formula is C11H8FNO3. The first-order chi connectivity index (χ1) is 7.72. The topological polar surface area (TPSA) is 52.3 Å². The Morgan fingerprint density at radius 2 is 2.06 bits per heavy atom. The van der Waals surface area contributed by atoms with Gasteiger partial charge in [-0.15, -0.1) is 0 Å². The van der Waals surface area contributed by atoms with E-state index in [1.165, 1.54) is 31.4 Å². The highest BCUT2D eigenvalue weighted by atomic mass is 19.1. The molecule has 0 unspecified atom stereocenters. The monoisotopic (exact) mass is 221 g/mol. The molecule has 5 heteroatoms. The van der Waals surface area contributed by atoms with Gasteiger partial charge < -0.3 is 9.15 Å². The fourth-order valence-electron chi connectivity index (χ4n) is 1.29. The van der Waals surface area contributed by atoms with Gasteiger partial charge in [0.15, 0.2) is 17.8 Å². The number of carbonyl (C=O) groups excluding carboxylic acids is 1. The molecule has 4 nitrogen and oxygen atoms in total. The summed E-state index contributed by atoms with van der Waals surface area (Å²) in [5.41, 5.74) is 0.647. The second-order valence-electron chi connectivity index (χ2n) is 3.03. The van der Waals surface area contributed by atoms with Crippen LogP contribution in [0.2, 0.25) is 0 Å². The van der Waals surface area contributed by atoms with E-state index in [0.717, 1.165) is 6.39 Å². The number of nitrogens with zero attached hydrogens (tertiary/aromatic N) is 1. The van der Waals surface area contributed by atoms with Crippen molar-refractivity contribution < 1.29 is 18.3 Å². The van der Waals surface area contributed by atoms with Crippen LogP contribution in [0.1, 0.15) is 10.5 Å². The zero-order chi connectivity index (χ0) is 11.5. The number of benzene rings is 1. The molecular weight excluding hydrogens is 213 g/mol. The Labute approximate surface area is 90.7 Å². The van der Waals surface area contributed by atoms with Gasteiger partial charge >= 0.3 is 5.97 Å². The van der Waals surface area contributed by atoms with Crippen molar-refractivity contribution >= 4 is 5.97 Å². The Balaban J connectivity index is 2.44. The summed E-state index contributed by atoms with van der Waals surface area (Å²) < 4.78 is 22.3. The van der Waals surface area contributed by atoms with Crippen molar-refractivity contribution in [3.05, 3.63) is 42.2 Å². The third-order valence-electron chi connectivity index (χ3n) is 2.05. The van der Waals surface area contributed by atoms with E-state index in [1.807, 2.05) is 0 Å². The second kappa shape index (κ2) is 4.14. The molecule has 0 spiro atoms. The minimum absolute atomic E-state index is 0.0779. The molecule has 0 radical (unpaired) electrons. The van der Waals surface area contributed by atoms with Gasteiger partial charge in [0.1, 0.15) is 5.82 Å². The molecule has 0 aliphatic carbocycles. The number of hydrogen-bond donors (Lipinski definition) is 0. The lowest BCUT2D eigenvalue weighted by atomic mass is 10.1. The van der Waals surface area contributed by atoms with E-state index < -0.39 is 5.97 Å². The zero-order valence-electron chi connectivity index (χ0n) is 8.44. The van der Waals surface area contributed by atoms with E-state index in [4.69, 9.17) is 4.42 Å². The fraction of sp³-hybridized carbons (Fsp3) is 0.0909. The molecule has 0 fully saturated rings. The lowest BCUT2D eigenvalue weighted by Gasteiger charge is -1.99. The molecule has 0 aliphatic rings. The number of aromatic nitrogens is 1. The summed E-state index contributed by atoms with van der Waals surface area (Å²) >= 11 is 0. The van der Waals surface area contributed by atoms with Gasteiger partial charge in [-0.2, -0.15) is 0 Å². The molecule has 16 heavy (non-hydrogen) atoms. The fourth-order valence-corrected chi connectivity index (χ4v) is 1.29. The number of ether oxygens (including phenoxy) is 1. The van der Waals surface area contributed by atoms with E-state index in [1.54, 1.807) is 0 Å². The maximum atomic E-state index is 12.7. The van der Waals surface area contributed by atoms with Crippen molar-refractivity contribution in [1.82, 2.24) is 4.98 Å². The van der Waals surface area contributed by atoms with Gasteiger partial charge in [-0.1, -0.05) is 0 Å². The van der Waals surface area contributed by atoms with Crippen LogP contribution in [0.4, 0.5) is 4.39 Å². The van der Waals surface area contributed by atoms with Crippen LogP contribution >= 0.6 is 0 Å². The van der Waals surface area contributed by atoms with Crippen LogP contribution in [-0.4, -0.2) is 18.1 Å². The first-order valence-electron chi connectivity index (χ1n) is 4.50. The number of halogens is 1. The Morgan fingerprint density at radius 1 is 1.38 bits per heavy atom. The highest BCUT2D eigenvalue weighted by Crippen LogP contribution is 2.23. The minimum atomic E-state index is -0.590. The first kappa shape index (κ1) is 10.4. The van der Waals surface area contributed by atoms with E-state index in [0.29, 0.717) is 5.56 Å². The number of oxazole rings is 1. The summed E-state index contributed by atoms with van der Waals surface area (Å²) in [7, 11) is 1.26. The number of carbonyl (C=O) groups is 1. The molecule has 1 aromatic heterocycles. The lowest BCUT2D eigenvalue weighted by molar-refractivity contribution is 0.0595. The van der Waals surface area contributed by atoms with Crippen molar-refractivity contribution in [2.45, 2.75) is 0 Å². The van der Waals surface area contributed by atoms with Crippen molar-refractivity contribution in [3.8, 4) is 11.3 Å². The SMILES string of the molecule is COC(=O)c1ncoc1-c1ccc(F)cc1. The quantitative estimate of drug-likeness (QED) is 0.730. The normalized spacial score (nSPS) is 10.1. The van der Waals surface area contributed by atoms with Gasteiger partial charge in [-0.3, -0.25) is 0 Å². The average molecular weight is 221 g/mol. The maximum Gasteiger partial charge on any atom is 0.360 e. The van der Waals surface area contributed by atoms with Crippen LogP contribution in [0, 0.1) is 5.82 Å². The molecule has 2 rings (SSSR count). The van der Waals surface area contributed by atoms with Crippen LogP contribution in [0.5, 0.6) is 0 Å². The molecule has 0 atom stereocenters. The Kier molecular flexibility index (Phi) is 2.68. The summed E-state index contributed by atoms with van der Waals surface area (Å²) in [6, 6.07) is 5.56. The number of rotatable bonds is 2. The summed E-state index contributed by atoms with van der Waals surface area (Å²) in [4.78, 5) is 15.1. The van der Waals surface area contributed by atoms with E-state index >= 15 is 0 Å². The standard InChI is InChI=1S/C11H8FNO3/c1-15-11(14)9-10(16-6-13-9)7-2-4-8(12)5-3-7/h2-6H,1H3. The van der Waals surface area contributed by atoms with Gasteiger partial charge in [0.2, 0.25) is 0 Å². The predicted octanol–water partition coefficient (Wildman–Crippen LogP) is 2.27. The maximum absolute atomic E-state index is 12.7. The Bertz CT molecular complexity index is 504. The molecule has 0 N–H and O–H groups in total. The summed E-state index contributed by atoms with van der Waals surface area (Å²) in [6.45, 7) is 0. The van der Waals surface area contributed by atoms with Crippen molar-refractivity contribution in [2.75, 3.05) is 7.11 Å². The molecule has 1 aromatic carbocycles. The summed E-state index contributed by atoms with van der Waals surface area (Å²) in [6.07, 6.45) is 1.14. The molecule has 0 amide bonds. The van der Waals surface area contributed by atoms with Crippen molar-refractivity contribution in [1.29, 1.82) is 0 Å². The van der Waals surface area contributed by atoms with Crippen LogP contribution in [-0.2, 0) is 4.74 Å². The second-order valence-corrected chi connectivity index (χ2v) is 3.03. The average Bonchev–Trinajstić information content (AvgIpc) is 2.78. The lowest BCUT2D eigenvalue weighted by Crippen LogP contribution is -2.03. The first-order valence-corrected chi connectivity index (χ1v) is 4.50. The van der Waals surface area contributed by atoms with E-state index in [-0.39, 0.29) is 17.3 Å². The van der Waals surface area contributed by atoms with Crippen LogP contribution < -0.4 is 0 Å². The van der Waals surface area contributed by atoms with Gasteiger partial charge in [0, 0.05) is 5.56 Å². The molecule has 0 bridgehead atoms. The van der Waals surface area contributed by atoms with Crippen LogP contribution in [0.15, 0.2) is 35.1 Å². The smallest absolute Gasteiger partial charge is 0.360 e. The largest absolute Gasteiger partial charge is 0.464 e. The minimum Gasteiger partial charge on any atom is -0.464 e. The Morgan fingerprint density at radius 3 is 2.69 bits per heavy atom. The summed E-state index contributed by atoms with van der Waals surface area (Å²) in [5.74, 6) is -0.678. The van der Waals surface area contributed by atoms with Gasteiger partial charge in [-0.25, -0.2) is 14.2 Å². The van der Waals surface area contributed by atoms with Crippen molar-refractivity contribution in [2.24, 2.45) is 0 Å². The van der Waals surface area contributed by atoms with Crippen LogP contribution in [0.3, 0.4) is 0 Å². The Hall–Kier alpha value is -2.17. The number of hydrogen-bond acceptors (Lipinski definition) is 4. The molecule has 2 aromatic rings.